The lowest BCUT2D eigenvalue weighted by atomic mass is 10.1. The molecule has 2 nitrogen and oxygen atoms in total. The van der Waals surface area contributed by atoms with E-state index in [1.54, 1.807) is 7.11 Å². The van der Waals surface area contributed by atoms with E-state index in [9.17, 15) is 0 Å². The monoisotopic (exact) mass is 211 g/mol. The molecule has 1 aliphatic carbocycles. The molecule has 80 valence electrons. The standard InChI is InChI=1S/C14H13NO/c1-9-3-4-10-7-11-8-12(16-2)5-6-13(11)14(10)15-9/h3-6,8H,7H2,1-2H3. The second-order valence-corrected chi connectivity index (χ2v) is 4.16. The summed E-state index contributed by atoms with van der Waals surface area (Å²) in [4.78, 5) is 4.61. The number of benzene rings is 1. The first kappa shape index (κ1) is 9.40. The van der Waals surface area contributed by atoms with Gasteiger partial charge >= 0.3 is 0 Å². The molecule has 1 aliphatic rings. The summed E-state index contributed by atoms with van der Waals surface area (Å²) in [6.07, 6.45) is 0.967. The Kier molecular flexibility index (Phi) is 1.96. The highest BCUT2D eigenvalue weighted by molar-refractivity contribution is 5.74. The summed E-state index contributed by atoms with van der Waals surface area (Å²) in [5.74, 6) is 0.920. The van der Waals surface area contributed by atoms with Crippen LogP contribution in [-0.4, -0.2) is 12.1 Å². The van der Waals surface area contributed by atoms with Crippen LogP contribution in [0.2, 0.25) is 0 Å². The predicted octanol–water partition coefficient (Wildman–Crippen LogP) is 2.97. The fraction of sp³-hybridized carbons (Fsp3) is 0.214. The number of methoxy groups -OCH3 is 1. The average molecular weight is 211 g/mol. The second kappa shape index (κ2) is 3.34. The van der Waals surface area contributed by atoms with Crippen molar-refractivity contribution in [2.45, 2.75) is 13.3 Å². The van der Waals surface area contributed by atoms with E-state index in [4.69, 9.17) is 4.74 Å². The fourth-order valence-corrected chi connectivity index (χ4v) is 2.24. The molecule has 0 radical (unpaired) electrons. The number of rotatable bonds is 1. The summed E-state index contributed by atoms with van der Waals surface area (Å²) < 4.78 is 5.24. The summed E-state index contributed by atoms with van der Waals surface area (Å²) in [5, 5.41) is 0. The number of ether oxygens (including phenoxy) is 1. The first-order valence-corrected chi connectivity index (χ1v) is 5.42. The molecule has 2 heteroatoms. The highest BCUT2D eigenvalue weighted by atomic mass is 16.5. The SMILES string of the molecule is COc1ccc2c(c1)Cc1ccc(C)nc1-2. The third-order valence-corrected chi connectivity index (χ3v) is 3.07. The molecule has 0 amide bonds. The van der Waals surface area contributed by atoms with Gasteiger partial charge in [-0.15, -0.1) is 0 Å². The van der Waals surface area contributed by atoms with Crippen molar-refractivity contribution >= 4 is 0 Å². The molecule has 2 aromatic rings. The molecular formula is C14H13NO. The molecule has 0 saturated carbocycles. The minimum atomic E-state index is 0.920. The summed E-state index contributed by atoms with van der Waals surface area (Å²) in [6.45, 7) is 2.03. The maximum atomic E-state index is 5.24. The smallest absolute Gasteiger partial charge is 0.119 e. The summed E-state index contributed by atoms with van der Waals surface area (Å²) in [7, 11) is 1.70. The molecule has 1 aromatic carbocycles. The number of fused-ring (bicyclic) bond motifs is 3. The molecule has 1 heterocycles. The summed E-state index contributed by atoms with van der Waals surface area (Å²) in [6, 6.07) is 10.4. The molecule has 0 atom stereocenters. The van der Waals surface area contributed by atoms with Gasteiger partial charge in [0.2, 0.25) is 0 Å². The normalized spacial score (nSPS) is 12.1. The van der Waals surface area contributed by atoms with Gasteiger partial charge < -0.3 is 4.74 Å². The van der Waals surface area contributed by atoms with E-state index in [1.807, 2.05) is 13.0 Å². The summed E-state index contributed by atoms with van der Waals surface area (Å²) in [5.41, 5.74) is 6.08. The van der Waals surface area contributed by atoms with Crippen LogP contribution in [0.4, 0.5) is 0 Å². The number of pyridine rings is 1. The van der Waals surface area contributed by atoms with Crippen LogP contribution in [0.25, 0.3) is 11.3 Å². The van der Waals surface area contributed by atoms with Crippen molar-refractivity contribution in [3.63, 3.8) is 0 Å². The number of aromatic nitrogens is 1. The van der Waals surface area contributed by atoms with Gasteiger partial charge in [-0.25, -0.2) is 0 Å². The van der Waals surface area contributed by atoms with Crippen LogP contribution in [0.5, 0.6) is 5.75 Å². The minimum Gasteiger partial charge on any atom is -0.497 e. The van der Waals surface area contributed by atoms with Crippen LogP contribution in [0, 0.1) is 6.92 Å². The largest absolute Gasteiger partial charge is 0.497 e. The zero-order chi connectivity index (χ0) is 11.1. The molecule has 0 saturated heterocycles. The number of nitrogens with zero attached hydrogens (tertiary/aromatic N) is 1. The van der Waals surface area contributed by atoms with Crippen LogP contribution in [-0.2, 0) is 6.42 Å². The van der Waals surface area contributed by atoms with Gasteiger partial charge in [-0.2, -0.15) is 0 Å². The van der Waals surface area contributed by atoms with Gasteiger partial charge in [-0.3, -0.25) is 4.98 Å². The first-order valence-electron chi connectivity index (χ1n) is 5.42. The lowest BCUT2D eigenvalue weighted by Gasteiger charge is -2.03. The van der Waals surface area contributed by atoms with Crippen LogP contribution < -0.4 is 4.74 Å². The zero-order valence-corrected chi connectivity index (χ0v) is 9.45. The van der Waals surface area contributed by atoms with Gasteiger partial charge in [0.15, 0.2) is 0 Å². The maximum Gasteiger partial charge on any atom is 0.119 e. The van der Waals surface area contributed by atoms with E-state index in [1.165, 1.54) is 16.7 Å². The first-order chi connectivity index (χ1) is 7.78. The Morgan fingerprint density at radius 3 is 2.81 bits per heavy atom. The highest BCUT2D eigenvalue weighted by Gasteiger charge is 2.19. The number of hydrogen-bond donors (Lipinski definition) is 0. The van der Waals surface area contributed by atoms with E-state index in [-0.39, 0.29) is 0 Å². The van der Waals surface area contributed by atoms with Crippen molar-refractivity contribution in [3.8, 4) is 17.0 Å². The van der Waals surface area contributed by atoms with Gasteiger partial charge in [0.05, 0.1) is 12.8 Å². The molecule has 0 unspecified atom stereocenters. The minimum absolute atomic E-state index is 0.920. The molecule has 0 aliphatic heterocycles. The molecule has 1 aromatic heterocycles. The van der Waals surface area contributed by atoms with E-state index in [2.05, 4.69) is 29.2 Å². The second-order valence-electron chi connectivity index (χ2n) is 4.16. The Morgan fingerprint density at radius 1 is 1.12 bits per heavy atom. The molecule has 16 heavy (non-hydrogen) atoms. The molecule has 0 spiro atoms. The third kappa shape index (κ3) is 1.30. The van der Waals surface area contributed by atoms with E-state index in [0.29, 0.717) is 0 Å². The average Bonchev–Trinajstić information content (AvgIpc) is 2.66. The number of hydrogen-bond acceptors (Lipinski definition) is 2. The maximum absolute atomic E-state index is 5.24. The summed E-state index contributed by atoms with van der Waals surface area (Å²) >= 11 is 0. The van der Waals surface area contributed by atoms with Gasteiger partial charge in [0.25, 0.3) is 0 Å². The highest BCUT2D eigenvalue weighted by Crippen LogP contribution is 2.36. The van der Waals surface area contributed by atoms with E-state index >= 15 is 0 Å². The van der Waals surface area contributed by atoms with Crippen molar-refractivity contribution < 1.29 is 4.74 Å². The quantitative estimate of drug-likeness (QED) is 0.617. The molecule has 0 bridgehead atoms. The number of aryl methyl sites for hydroxylation is 1. The van der Waals surface area contributed by atoms with Gasteiger partial charge in [-0.05, 0) is 42.3 Å². The molecule has 0 fully saturated rings. The van der Waals surface area contributed by atoms with Gasteiger partial charge in [0, 0.05) is 17.7 Å². The van der Waals surface area contributed by atoms with Crippen molar-refractivity contribution in [1.82, 2.24) is 4.98 Å². The Morgan fingerprint density at radius 2 is 2.00 bits per heavy atom. The van der Waals surface area contributed by atoms with Crippen LogP contribution >= 0.6 is 0 Å². The zero-order valence-electron chi connectivity index (χ0n) is 9.45. The van der Waals surface area contributed by atoms with Crippen molar-refractivity contribution in [2.75, 3.05) is 7.11 Å². The molecule has 0 N–H and O–H groups in total. The third-order valence-electron chi connectivity index (χ3n) is 3.07. The van der Waals surface area contributed by atoms with Crippen molar-refractivity contribution in [2.24, 2.45) is 0 Å². The van der Waals surface area contributed by atoms with Gasteiger partial charge in [-0.1, -0.05) is 6.07 Å². The Balaban J connectivity index is 2.18. The topological polar surface area (TPSA) is 22.1 Å². The Labute approximate surface area is 94.9 Å². The molecule has 3 rings (SSSR count). The van der Waals surface area contributed by atoms with E-state index in [0.717, 1.165) is 23.6 Å². The van der Waals surface area contributed by atoms with Crippen LogP contribution in [0.3, 0.4) is 0 Å². The van der Waals surface area contributed by atoms with Gasteiger partial charge in [0.1, 0.15) is 5.75 Å². The van der Waals surface area contributed by atoms with Crippen molar-refractivity contribution in [1.29, 1.82) is 0 Å². The van der Waals surface area contributed by atoms with Crippen LogP contribution in [0.1, 0.15) is 16.8 Å². The fourth-order valence-electron chi connectivity index (χ4n) is 2.24. The Hall–Kier alpha value is -1.83. The Bertz CT molecular complexity index is 561. The lowest BCUT2D eigenvalue weighted by Crippen LogP contribution is -1.87. The van der Waals surface area contributed by atoms with E-state index < -0.39 is 0 Å². The van der Waals surface area contributed by atoms with Crippen molar-refractivity contribution in [3.05, 3.63) is 47.2 Å². The lowest BCUT2D eigenvalue weighted by molar-refractivity contribution is 0.414. The van der Waals surface area contributed by atoms with Crippen LogP contribution in [0.15, 0.2) is 30.3 Å². The predicted molar refractivity (Wildman–Crippen MR) is 63.8 cm³/mol. The molecular weight excluding hydrogens is 198 g/mol.